The Hall–Kier alpha value is -3.13. The van der Waals surface area contributed by atoms with Crippen molar-refractivity contribution in [2.45, 2.75) is 6.92 Å². The van der Waals surface area contributed by atoms with Gasteiger partial charge >= 0.3 is 5.97 Å². The lowest BCUT2D eigenvalue weighted by Gasteiger charge is -2.06. The summed E-state index contributed by atoms with van der Waals surface area (Å²) in [5, 5.41) is 3.05. The number of esters is 1. The Kier molecular flexibility index (Phi) is 6.22. The fourth-order valence-corrected chi connectivity index (χ4v) is 3.13. The molecule has 0 aliphatic heterocycles. The van der Waals surface area contributed by atoms with E-state index in [4.69, 9.17) is 14.2 Å². The third-order valence-corrected chi connectivity index (χ3v) is 4.32. The van der Waals surface area contributed by atoms with Gasteiger partial charge in [0.05, 0.1) is 16.8 Å². The normalized spacial score (nSPS) is 10.4. The maximum absolute atomic E-state index is 12.0. The highest BCUT2D eigenvalue weighted by molar-refractivity contribution is 7.22. The Morgan fingerprint density at radius 3 is 2.63 bits per heavy atom. The molecule has 0 saturated heterocycles. The van der Waals surface area contributed by atoms with E-state index in [9.17, 15) is 9.59 Å². The lowest BCUT2D eigenvalue weighted by Crippen LogP contribution is -2.23. The predicted octanol–water partition coefficient (Wildman–Crippen LogP) is 3.26. The molecule has 7 nitrogen and oxygen atoms in total. The first kappa shape index (κ1) is 18.7. The van der Waals surface area contributed by atoms with E-state index in [0.717, 1.165) is 16.0 Å². The molecule has 0 saturated carbocycles. The van der Waals surface area contributed by atoms with Gasteiger partial charge in [-0.05, 0) is 37.3 Å². The quantitative estimate of drug-likeness (QED) is 0.598. The van der Waals surface area contributed by atoms with E-state index in [0.29, 0.717) is 17.5 Å². The van der Waals surface area contributed by atoms with Crippen molar-refractivity contribution in [3.63, 3.8) is 0 Å². The molecule has 0 spiro atoms. The number of amides is 1. The Bertz CT molecular complexity index is 926. The molecule has 27 heavy (non-hydrogen) atoms. The highest BCUT2D eigenvalue weighted by atomic mass is 32.1. The largest absolute Gasteiger partial charge is 0.494 e. The number of benzene rings is 2. The number of nitrogens with one attached hydrogen (secondary N) is 1. The summed E-state index contributed by atoms with van der Waals surface area (Å²) in [5.41, 5.74) is 0.756. The van der Waals surface area contributed by atoms with E-state index in [-0.39, 0.29) is 6.61 Å². The molecule has 0 bridgehead atoms. The number of carbonyl (C=O) groups is 2. The van der Waals surface area contributed by atoms with Crippen molar-refractivity contribution in [2.24, 2.45) is 0 Å². The summed E-state index contributed by atoms with van der Waals surface area (Å²) in [5.74, 6) is 0.213. The summed E-state index contributed by atoms with van der Waals surface area (Å²) in [4.78, 5) is 27.9. The summed E-state index contributed by atoms with van der Waals surface area (Å²) in [6.45, 7) is 1.82. The molecule has 140 valence electrons. The summed E-state index contributed by atoms with van der Waals surface area (Å²) in [6.07, 6.45) is 0. The number of fused-ring (bicyclic) bond motifs is 1. The van der Waals surface area contributed by atoms with Crippen molar-refractivity contribution in [3.05, 3.63) is 48.5 Å². The van der Waals surface area contributed by atoms with Crippen LogP contribution >= 0.6 is 11.3 Å². The summed E-state index contributed by atoms with van der Waals surface area (Å²) in [7, 11) is 0. The highest BCUT2D eigenvalue weighted by Gasteiger charge is 2.12. The van der Waals surface area contributed by atoms with Crippen LogP contribution in [0.3, 0.4) is 0 Å². The molecule has 8 heteroatoms. The van der Waals surface area contributed by atoms with Crippen LogP contribution in [0, 0.1) is 0 Å². The van der Waals surface area contributed by atoms with Crippen LogP contribution in [0.2, 0.25) is 0 Å². The van der Waals surface area contributed by atoms with Gasteiger partial charge in [-0.25, -0.2) is 9.78 Å². The minimum atomic E-state index is -0.625. The van der Waals surface area contributed by atoms with E-state index in [1.54, 1.807) is 24.3 Å². The second-order valence-corrected chi connectivity index (χ2v) is 6.42. The van der Waals surface area contributed by atoms with E-state index in [1.165, 1.54) is 11.3 Å². The minimum absolute atomic E-state index is 0.265. The fourth-order valence-electron chi connectivity index (χ4n) is 2.22. The molecule has 0 fully saturated rings. The standard InChI is InChI=1S/C19H18N2O5S/c1-2-24-14-8-9-15-16(10-14)27-19(20-15)21-17(22)11-26-18(23)12-25-13-6-4-3-5-7-13/h3-10H,2,11-12H2,1H3,(H,20,21,22). The Labute approximate surface area is 159 Å². The van der Waals surface area contributed by atoms with Crippen molar-refractivity contribution < 1.29 is 23.8 Å². The SMILES string of the molecule is CCOc1ccc2nc(NC(=O)COC(=O)COc3ccccc3)sc2c1. The zero-order valence-corrected chi connectivity index (χ0v) is 15.5. The molecule has 1 N–H and O–H groups in total. The molecule has 3 rings (SSSR count). The number of para-hydroxylation sites is 1. The van der Waals surface area contributed by atoms with Gasteiger partial charge in [-0.15, -0.1) is 0 Å². The average molecular weight is 386 g/mol. The smallest absolute Gasteiger partial charge is 0.344 e. The molecule has 1 aromatic heterocycles. The van der Waals surface area contributed by atoms with Crippen LogP contribution < -0.4 is 14.8 Å². The Morgan fingerprint density at radius 1 is 1.04 bits per heavy atom. The maximum atomic E-state index is 12.0. The molecular weight excluding hydrogens is 368 g/mol. The van der Waals surface area contributed by atoms with Crippen molar-refractivity contribution in [1.29, 1.82) is 0 Å². The number of carbonyl (C=O) groups excluding carboxylic acids is 2. The second-order valence-electron chi connectivity index (χ2n) is 5.39. The van der Waals surface area contributed by atoms with Gasteiger partial charge in [0.1, 0.15) is 11.5 Å². The molecule has 0 atom stereocenters. The monoisotopic (exact) mass is 386 g/mol. The topological polar surface area (TPSA) is 86.8 Å². The zero-order valence-electron chi connectivity index (χ0n) is 14.6. The van der Waals surface area contributed by atoms with E-state index in [2.05, 4.69) is 10.3 Å². The van der Waals surface area contributed by atoms with Gasteiger partial charge in [-0.1, -0.05) is 29.5 Å². The Balaban J connectivity index is 1.47. The number of hydrogen-bond acceptors (Lipinski definition) is 7. The van der Waals surface area contributed by atoms with Crippen molar-refractivity contribution in [1.82, 2.24) is 4.98 Å². The van der Waals surface area contributed by atoms with E-state index >= 15 is 0 Å². The summed E-state index contributed by atoms with van der Waals surface area (Å²) < 4.78 is 16.5. The van der Waals surface area contributed by atoms with E-state index in [1.807, 2.05) is 31.2 Å². The molecule has 0 aliphatic carbocycles. The minimum Gasteiger partial charge on any atom is -0.494 e. The van der Waals surface area contributed by atoms with Gasteiger partial charge in [0.15, 0.2) is 18.3 Å². The molecule has 0 unspecified atom stereocenters. The first-order valence-corrected chi connectivity index (χ1v) is 9.12. The van der Waals surface area contributed by atoms with E-state index < -0.39 is 18.5 Å². The van der Waals surface area contributed by atoms with Crippen LogP contribution in [0.1, 0.15) is 6.92 Å². The van der Waals surface area contributed by atoms with Gasteiger partial charge in [-0.3, -0.25) is 10.1 Å². The van der Waals surface area contributed by atoms with Crippen molar-refractivity contribution >= 4 is 38.6 Å². The number of thiazole rings is 1. The average Bonchev–Trinajstić information content (AvgIpc) is 3.07. The first-order valence-electron chi connectivity index (χ1n) is 8.31. The summed E-state index contributed by atoms with van der Waals surface area (Å²) in [6, 6.07) is 14.4. The molecule has 0 aliphatic rings. The van der Waals surface area contributed by atoms with Crippen LogP contribution in [-0.4, -0.2) is 36.7 Å². The number of ether oxygens (including phenoxy) is 3. The van der Waals surface area contributed by atoms with Crippen LogP contribution in [-0.2, 0) is 14.3 Å². The molecule has 2 aromatic carbocycles. The number of hydrogen-bond donors (Lipinski definition) is 1. The van der Waals surface area contributed by atoms with Gasteiger partial charge in [0.25, 0.3) is 5.91 Å². The van der Waals surface area contributed by atoms with Crippen LogP contribution in [0.5, 0.6) is 11.5 Å². The second kappa shape index (κ2) is 9.00. The molecular formula is C19H18N2O5S. The number of rotatable bonds is 8. The van der Waals surface area contributed by atoms with Crippen molar-refractivity contribution in [3.8, 4) is 11.5 Å². The van der Waals surface area contributed by atoms with Crippen molar-refractivity contribution in [2.75, 3.05) is 25.1 Å². The predicted molar refractivity (Wildman–Crippen MR) is 102 cm³/mol. The molecule has 1 amide bonds. The number of nitrogens with zero attached hydrogens (tertiary/aromatic N) is 1. The van der Waals surface area contributed by atoms with Gasteiger partial charge in [0, 0.05) is 0 Å². The fraction of sp³-hybridized carbons (Fsp3) is 0.211. The lowest BCUT2D eigenvalue weighted by molar-refractivity contribution is -0.149. The van der Waals surface area contributed by atoms with Gasteiger partial charge in [0.2, 0.25) is 0 Å². The third kappa shape index (κ3) is 5.42. The highest BCUT2D eigenvalue weighted by Crippen LogP contribution is 2.29. The lowest BCUT2D eigenvalue weighted by atomic mass is 10.3. The molecule has 3 aromatic rings. The maximum Gasteiger partial charge on any atom is 0.344 e. The number of anilines is 1. The van der Waals surface area contributed by atoms with Crippen LogP contribution in [0.15, 0.2) is 48.5 Å². The molecule has 1 heterocycles. The van der Waals surface area contributed by atoms with Crippen LogP contribution in [0.25, 0.3) is 10.2 Å². The zero-order chi connectivity index (χ0) is 19.1. The van der Waals surface area contributed by atoms with Gasteiger partial charge < -0.3 is 14.2 Å². The van der Waals surface area contributed by atoms with Gasteiger partial charge in [-0.2, -0.15) is 0 Å². The Morgan fingerprint density at radius 2 is 1.85 bits per heavy atom. The summed E-state index contributed by atoms with van der Waals surface area (Å²) >= 11 is 1.32. The first-order chi connectivity index (χ1) is 13.1. The molecule has 0 radical (unpaired) electrons. The third-order valence-electron chi connectivity index (χ3n) is 3.38. The van der Waals surface area contributed by atoms with Crippen LogP contribution in [0.4, 0.5) is 5.13 Å². The number of aromatic nitrogens is 1.